The second-order valence-corrected chi connectivity index (χ2v) is 5.42. The van der Waals surface area contributed by atoms with E-state index in [1.54, 1.807) is 11.9 Å². The minimum absolute atomic E-state index is 0.0334. The number of nitrogens with zero attached hydrogens (tertiary/aromatic N) is 1. The Balaban J connectivity index is 2.85. The molecule has 0 fully saturated rings. The van der Waals surface area contributed by atoms with E-state index >= 15 is 0 Å². The smallest absolute Gasteiger partial charge is 0.238 e. The Morgan fingerprint density at radius 3 is 2.26 bits per heavy atom. The minimum atomic E-state index is -0.335. The Bertz CT molecular complexity index is 456. The van der Waals surface area contributed by atoms with Gasteiger partial charge in [0.1, 0.15) is 0 Å². The van der Waals surface area contributed by atoms with Gasteiger partial charge in [-0.3, -0.25) is 9.69 Å². The molecule has 0 aliphatic carbocycles. The van der Waals surface area contributed by atoms with E-state index in [0.29, 0.717) is 6.54 Å². The number of hydrogen-bond donors (Lipinski definition) is 2. The minimum Gasteiger partial charge on any atom is -0.395 e. The SMILES string of the molecule is CN(CCO)CC(=O)Nc1c(Cl)c(Cl)cc(Cl)c1Cl. The van der Waals surface area contributed by atoms with Gasteiger partial charge in [0.05, 0.1) is 38.9 Å². The molecule has 1 amide bonds. The monoisotopic (exact) mass is 344 g/mol. The summed E-state index contributed by atoms with van der Waals surface area (Å²) < 4.78 is 0. The number of carbonyl (C=O) groups is 1. The second kappa shape index (κ2) is 7.53. The number of aliphatic hydroxyl groups is 1. The van der Waals surface area contributed by atoms with Crippen molar-refractivity contribution in [1.29, 1.82) is 0 Å². The van der Waals surface area contributed by atoms with Gasteiger partial charge in [-0.05, 0) is 13.1 Å². The van der Waals surface area contributed by atoms with Crippen molar-refractivity contribution in [3.63, 3.8) is 0 Å². The van der Waals surface area contributed by atoms with Crippen molar-refractivity contribution in [3.8, 4) is 0 Å². The third-order valence-corrected chi connectivity index (χ3v) is 3.85. The molecule has 19 heavy (non-hydrogen) atoms. The predicted molar refractivity (Wildman–Crippen MR) is 79.7 cm³/mol. The van der Waals surface area contributed by atoms with E-state index in [9.17, 15) is 4.79 Å². The number of carbonyl (C=O) groups excluding carboxylic acids is 1. The zero-order chi connectivity index (χ0) is 14.6. The number of halogens is 4. The van der Waals surface area contributed by atoms with Gasteiger partial charge in [-0.25, -0.2) is 0 Å². The first-order valence-corrected chi connectivity index (χ1v) is 6.80. The summed E-state index contributed by atoms with van der Waals surface area (Å²) in [6, 6.07) is 1.40. The topological polar surface area (TPSA) is 52.6 Å². The fraction of sp³-hybridized carbons (Fsp3) is 0.364. The lowest BCUT2D eigenvalue weighted by Crippen LogP contribution is -2.32. The van der Waals surface area contributed by atoms with Crippen molar-refractivity contribution in [2.24, 2.45) is 0 Å². The molecule has 1 rings (SSSR count). The van der Waals surface area contributed by atoms with Crippen LogP contribution in [0, 0.1) is 0 Å². The van der Waals surface area contributed by atoms with Crippen LogP contribution in [0.2, 0.25) is 20.1 Å². The number of rotatable bonds is 5. The zero-order valence-electron chi connectivity index (χ0n) is 10.0. The third kappa shape index (κ3) is 4.67. The molecule has 0 bridgehead atoms. The van der Waals surface area contributed by atoms with Crippen LogP contribution in [0.4, 0.5) is 5.69 Å². The molecule has 0 saturated heterocycles. The molecular weight excluding hydrogens is 334 g/mol. The van der Waals surface area contributed by atoms with Gasteiger partial charge >= 0.3 is 0 Å². The highest BCUT2D eigenvalue weighted by atomic mass is 35.5. The van der Waals surface area contributed by atoms with Crippen LogP contribution in [0.5, 0.6) is 0 Å². The number of hydrogen-bond acceptors (Lipinski definition) is 3. The Hall–Kier alpha value is -0.230. The summed E-state index contributed by atoms with van der Waals surface area (Å²) in [5.41, 5.74) is 0.184. The van der Waals surface area contributed by atoms with E-state index in [1.165, 1.54) is 6.07 Å². The molecular formula is C11H12Cl4N2O2. The molecule has 0 radical (unpaired) electrons. The van der Waals surface area contributed by atoms with Crippen LogP contribution in [0.25, 0.3) is 0 Å². The molecule has 0 spiro atoms. The summed E-state index contributed by atoms with van der Waals surface area (Å²) in [7, 11) is 1.70. The van der Waals surface area contributed by atoms with E-state index in [2.05, 4.69) is 5.32 Å². The molecule has 0 unspecified atom stereocenters. The molecule has 0 aliphatic heterocycles. The number of nitrogens with one attached hydrogen (secondary N) is 1. The highest BCUT2D eigenvalue weighted by molar-refractivity contribution is 6.50. The molecule has 0 aromatic heterocycles. The molecule has 2 N–H and O–H groups in total. The Labute approximate surface area is 131 Å². The van der Waals surface area contributed by atoms with Crippen LogP contribution in [-0.4, -0.2) is 42.7 Å². The van der Waals surface area contributed by atoms with Crippen molar-refractivity contribution in [1.82, 2.24) is 4.90 Å². The first kappa shape index (κ1) is 16.8. The number of likely N-dealkylation sites (N-methyl/N-ethyl adjacent to an activating group) is 1. The molecule has 4 nitrogen and oxygen atoms in total. The average molecular weight is 346 g/mol. The van der Waals surface area contributed by atoms with Crippen molar-refractivity contribution in [2.75, 3.05) is 32.1 Å². The largest absolute Gasteiger partial charge is 0.395 e. The molecule has 106 valence electrons. The molecule has 8 heteroatoms. The highest BCUT2D eigenvalue weighted by Gasteiger charge is 2.16. The molecule has 0 atom stereocenters. The van der Waals surface area contributed by atoms with Gasteiger partial charge < -0.3 is 10.4 Å². The van der Waals surface area contributed by atoms with Crippen LogP contribution >= 0.6 is 46.4 Å². The normalized spacial score (nSPS) is 10.9. The van der Waals surface area contributed by atoms with Crippen LogP contribution in [-0.2, 0) is 4.79 Å². The maximum Gasteiger partial charge on any atom is 0.238 e. The van der Waals surface area contributed by atoms with Gasteiger partial charge in [0.2, 0.25) is 5.91 Å². The zero-order valence-corrected chi connectivity index (χ0v) is 13.0. The van der Waals surface area contributed by atoms with Crippen LogP contribution in [0.3, 0.4) is 0 Å². The van der Waals surface area contributed by atoms with Crippen LogP contribution < -0.4 is 5.32 Å². The van der Waals surface area contributed by atoms with E-state index in [1.807, 2.05) is 0 Å². The highest BCUT2D eigenvalue weighted by Crippen LogP contribution is 2.40. The summed E-state index contributed by atoms with van der Waals surface area (Å²) in [6.07, 6.45) is 0. The van der Waals surface area contributed by atoms with Crippen molar-refractivity contribution >= 4 is 58.0 Å². The summed E-state index contributed by atoms with van der Waals surface area (Å²) in [5.74, 6) is -0.335. The lowest BCUT2D eigenvalue weighted by molar-refractivity contribution is -0.117. The molecule has 1 aromatic rings. The number of benzene rings is 1. The summed E-state index contributed by atoms with van der Waals surface area (Å²) in [4.78, 5) is 13.4. The summed E-state index contributed by atoms with van der Waals surface area (Å²) in [5, 5.41) is 12.0. The standard InChI is InChI=1S/C11H12Cl4N2O2/c1-17(2-3-18)5-8(19)16-11-9(14)6(12)4-7(13)10(11)15/h4,18H,2-3,5H2,1H3,(H,16,19). The molecule has 1 aromatic carbocycles. The summed E-state index contributed by atoms with van der Waals surface area (Å²) >= 11 is 23.7. The van der Waals surface area contributed by atoms with Crippen molar-refractivity contribution in [3.05, 3.63) is 26.2 Å². The fourth-order valence-corrected chi connectivity index (χ4v) is 2.26. The molecule has 0 heterocycles. The molecule has 0 aliphatic rings. The van der Waals surface area contributed by atoms with Gasteiger partial charge in [-0.1, -0.05) is 46.4 Å². The predicted octanol–water partition coefficient (Wildman–Crippen LogP) is 3.16. The van der Waals surface area contributed by atoms with E-state index in [-0.39, 0.29) is 44.8 Å². The average Bonchev–Trinajstić information content (AvgIpc) is 2.32. The molecule has 0 saturated carbocycles. The van der Waals surface area contributed by atoms with E-state index in [4.69, 9.17) is 51.5 Å². The Morgan fingerprint density at radius 2 is 1.79 bits per heavy atom. The van der Waals surface area contributed by atoms with E-state index < -0.39 is 0 Å². The number of amides is 1. The quantitative estimate of drug-likeness (QED) is 0.806. The van der Waals surface area contributed by atoms with Gasteiger partial charge in [0.25, 0.3) is 0 Å². The third-order valence-electron chi connectivity index (χ3n) is 2.27. The number of aliphatic hydroxyl groups excluding tert-OH is 1. The van der Waals surface area contributed by atoms with Crippen LogP contribution in [0.15, 0.2) is 6.07 Å². The maximum atomic E-state index is 11.8. The first-order chi connectivity index (χ1) is 8.86. The second-order valence-electron chi connectivity index (χ2n) is 3.85. The van der Waals surface area contributed by atoms with Crippen LogP contribution in [0.1, 0.15) is 0 Å². The lowest BCUT2D eigenvalue weighted by atomic mass is 10.3. The van der Waals surface area contributed by atoms with Gasteiger partial charge in [0.15, 0.2) is 0 Å². The lowest BCUT2D eigenvalue weighted by Gasteiger charge is -2.16. The Kier molecular flexibility index (Phi) is 6.66. The van der Waals surface area contributed by atoms with Gasteiger partial charge in [0, 0.05) is 6.54 Å². The fourth-order valence-electron chi connectivity index (χ4n) is 1.36. The van der Waals surface area contributed by atoms with Gasteiger partial charge in [-0.15, -0.1) is 0 Å². The Morgan fingerprint density at radius 1 is 1.26 bits per heavy atom. The number of anilines is 1. The summed E-state index contributed by atoms with van der Waals surface area (Å²) in [6.45, 7) is 0.427. The first-order valence-electron chi connectivity index (χ1n) is 5.29. The maximum absolute atomic E-state index is 11.8. The van der Waals surface area contributed by atoms with E-state index in [0.717, 1.165) is 0 Å². The van der Waals surface area contributed by atoms with Crippen molar-refractivity contribution < 1.29 is 9.90 Å². The van der Waals surface area contributed by atoms with Gasteiger partial charge in [-0.2, -0.15) is 0 Å². The van der Waals surface area contributed by atoms with Crippen molar-refractivity contribution in [2.45, 2.75) is 0 Å².